The molecule has 0 saturated heterocycles. The zero-order valence-corrected chi connectivity index (χ0v) is 14.8. The predicted octanol–water partition coefficient (Wildman–Crippen LogP) is 1.49. The second-order valence-electron chi connectivity index (χ2n) is 5.37. The van der Waals surface area contributed by atoms with Gasteiger partial charge in [-0.15, -0.1) is 0 Å². The van der Waals surface area contributed by atoms with Gasteiger partial charge in [-0.1, -0.05) is 0 Å². The molecule has 2 aromatic carbocycles. The van der Waals surface area contributed by atoms with Crippen molar-refractivity contribution in [3.05, 3.63) is 59.9 Å². The Hall–Kier alpha value is -2.78. The number of carbonyl (C=O) groups is 2. The van der Waals surface area contributed by atoms with Crippen LogP contribution in [0.3, 0.4) is 0 Å². The van der Waals surface area contributed by atoms with E-state index in [1.54, 1.807) is 24.3 Å². The van der Waals surface area contributed by atoms with E-state index >= 15 is 0 Å². The molecule has 0 heterocycles. The minimum atomic E-state index is -3.76. The van der Waals surface area contributed by atoms with Crippen molar-refractivity contribution in [3.8, 4) is 0 Å². The van der Waals surface area contributed by atoms with E-state index in [2.05, 4.69) is 15.4 Å². The first-order valence-electron chi connectivity index (χ1n) is 7.69. The quantitative estimate of drug-likeness (QED) is 0.634. The van der Waals surface area contributed by atoms with Crippen molar-refractivity contribution in [2.75, 3.05) is 18.4 Å². The first-order valence-corrected chi connectivity index (χ1v) is 9.17. The molecule has 0 aliphatic carbocycles. The van der Waals surface area contributed by atoms with E-state index in [0.29, 0.717) is 11.3 Å². The van der Waals surface area contributed by atoms with Crippen LogP contribution in [0, 0.1) is 5.82 Å². The van der Waals surface area contributed by atoms with E-state index in [1.165, 1.54) is 6.92 Å². The molecule has 0 atom stereocenters. The summed E-state index contributed by atoms with van der Waals surface area (Å²) < 4.78 is 39.2. The Balaban J connectivity index is 1.82. The fourth-order valence-electron chi connectivity index (χ4n) is 2.07. The van der Waals surface area contributed by atoms with Crippen LogP contribution in [0.25, 0.3) is 0 Å². The zero-order chi connectivity index (χ0) is 19.2. The standard InChI is InChI=1S/C17H18FN3O4S/c1-12(22)21-15-6-2-13(3-7-15)17(23)19-10-11-20-26(24,25)16-8-4-14(18)5-9-16/h2-9,20H,10-11H2,1H3,(H,19,23)(H,21,22). The van der Waals surface area contributed by atoms with Gasteiger partial charge < -0.3 is 10.6 Å². The van der Waals surface area contributed by atoms with Gasteiger partial charge in [-0.3, -0.25) is 9.59 Å². The molecule has 0 radical (unpaired) electrons. The molecule has 0 aromatic heterocycles. The van der Waals surface area contributed by atoms with Crippen LogP contribution in [0.15, 0.2) is 53.4 Å². The summed E-state index contributed by atoms with van der Waals surface area (Å²) in [5.74, 6) is -1.11. The summed E-state index contributed by atoms with van der Waals surface area (Å²) in [6.45, 7) is 1.44. The van der Waals surface area contributed by atoms with Gasteiger partial charge in [0.05, 0.1) is 4.90 Å². The van der Waals surface area contributed by atoms with Crippen LogP contribution in [0.4, 0.5) is 10.1 Å². The second kappa shape index (κ2) is 8.54. The normalized spacial score (nSPS) is 11.0. The van der Waals surface area contributed by atoms with E-state index in [1.807, 2.05) is 0 Å². The van der Waals surface area contributed by atoms with Crippen molar-refractivity contribution in [1.82, 2.24) is 10.0 Å². The number of anilines is 1. The first kappa shape index (κ1) is 19.5. The Labute approximate surface area is 150 Å². The highest BCUT2D eigenvalue weighted by molar-refractivity contribution is 7.89. The Morgan fingerprint density at radius 1 is 0.962 bits per heavy atom. The van der Waals surface area contributed by atoms with Gasteiger partial charge in [-0.25, -0.2) is 17.5 Å². The number of sulfonamides is 1. The van der Waals surface area contributed by atoms with Crippen LogP contribution in [0.1, 0.15) is 17.3 Å². The minimum Gasteiger partial charge on any atom is -0.351 e. The highest BCUT2D eigenvalue weighted by Gasteiger charge is 2.13. The lowest BCUT2D eigenvalue weighted by Gasteiger charge is -2.09. The summed E-state index contributed by atoms with van der Waals surface area (Å²) in [7, 11) is -3.76. The number of benzene rings is 2. The Bertz CT molecular complexity index is 881. The maximum absolute atomic E-state index is 12.8. The molecule has 0 unspecified atom stereocenters. The van der Waals surface area contributed by atoms with E-state index in [4.69, 9.17) is 0 Å². The number of nitrogens with one attached hydrogen (secondary N) is 3. The molecule has 3 N–H and O–H groups in total. The van der Waals surface area contributed by atoms with E-state index in [0.717, 1.165) is 24.3 Å². The second-order valence-corrected chi connectivity index (χ2v) is 7.13. The number of halogens is 1. The maximum atomic E-state index is 12.8. The number of rotatable bonds is 7. The Kier molecular flexibility index (Phi) is 6.42. The average Bonchev–Trinajstić information content (AvgIpc) is 2.59. The monoisotopic (exact) mass is 379 g/mol. The van der Waals surface area contributed by atoms with E-state index in [-0.39, 0.29) is 29.8 Å². The molecule has 2 amide bonds. The average molecular weight is 379 g/mol. The number of hydrogen-bond acceptors (Lipinski definition) is 4. The molecule has 0 bridgehead atoms. The van der Waals surface area contributed by atoms with Gasteiger partial charge in [0.1, 0.15) is 5.82 Å². The third-order valence-corrected chi connectivity index (χ3v) is 4.77. The largest absolute Gasteiger partial charge is 0.351 e. The molecular formula is C17H18FN3O4S. The van der Waals surface area contributed by atoms with Gasteiger partial charge in [0.15, 0.2) is 0 Å². The van der Waals surface area contributed by atoms with Crippen molar-refractivity contribution >= 4 is 27.5 Å². The molecule has 0 spiro atoms. The third kappa shape index (κ3) is 5.64. The lowest BCUT2D eigenvalue weighted by atomic mass is 10.2. The fourth-order valence-corrected chi connectivity index (χ4v) is 3.10. The summed E-state index contributed by atoms with van der Waals surface area (Å²) in [6, 6.07) is 10.7. The van der Waals surface area contributed by atoms with E-state index < -0.39 is 15.8 Å². The fraction of sp³-hybridized carbons (Fsp3) is 0.176. The molecule has 2 rings (SSSR count). The summed E-state index contributed by atoms with van der Waals surface area (Å²) in [6.07, 6.45) is 0. The molecule has 7 nitrogen and oxygen atoms in total. The number of hydrogen-bond donors (Lipinski definition) is 3. The van der Waals surface area contributed by atoms with Crippen molar-refractivity contribution in [3.63, 3.8) is 0 Å². The first-order chi connectivity index (χ1) is 12.3. The van der Waals surface area contributed by atoms with Crippen LogP contribution < -0.4 is 15.4 Å². The topological polar surface area (TPSA) is 104 Å². The minimum absolute atomic E-state index is 0.0184. The molecular weight excluding hydrogens is 361 g/mol. The summed E-state index contributed by atoms with van der Waals surface area (Å²) in [5, 5.41) is 5.17. The summed E-state index contributed by atoms with van der Waals surface area (Å²) >= 11 is 0. The molecule has 2 aromatic rings. The molecule has 0 aliphatic heterocycles. The Morgan fingerprint density at radius 2 is 1.58 bits per heavy atom. The van der Waals surface area contributed by atoms with Crippen LogP contribution in [0.2, 0.25) is 0 Å². The van der Waals surface area contributed by atoms with Crippen molar-refractivity contribution in [1.29, 1.82) is 0 Å². The number of carbonyl (C=O) groups excluding carboxylic acids is 2. The van der Waals surface area contributed by atoms with Gasteiger partial charge in [0, 0.05) is 31.3 Å². The van der Waals surface area contributed by atoms with Crippen molar-refractivity contribution in [2.45, 2.75) is 11.8 Å². The van der Waals surface area contributed by atoms with Crippen molar-refractivity contribution in [2.24, 2.45) is 0 Å². The smallest absolute Gasteiger partial charge is 0.251 e. The Morgan fingerprint density at radius 3 is 2.15 bits per heavy atom. The molecule has 0 fully saturated rings. The maximum Gasteiger partial charge on any atom is 0.251 e. The van der Waals surface area contributed by atoms with Gasteiger partial charge in [0.25, 0.3) is 5.91 Å². The molecule has 9 heteroatoms. The summed E-state index contributed by atoms with van der Waals surface area (Å²) in [4.78, 5) is 22.9. The van der Waals surface area contributed by atoms with Crippen molar-refractivity contribution < 1.29 is 22.4 Å². The SMILES string of the molecule is CC(=O)Nc1ccc(C(=O)NCCNS(=O)(=O)c2ccc(F)cc2)cc1. The molecule has 0 aliphatic rings. The zero-order valence-electron chi connectivity index (χ0n) is 14.0. The van der Waals surface area contributed by atoms with Crippen LogP contribution in [-0.2, 0) is 14.8 Å². The summed E-state index contributed by atoms with van der Waals surface area (Å²) in [5.41, 5.74) is 0.946. The van der Waals surface area contributed by atoms with Gasteiger partial charge in [-0.2, -0.15) is 0 Å². The molecule has 26 heavy (non-hydrogen) atoms. The molecule has 0 saturated carbocycles. The molecule has 138 valence electrons. The lowest BCUT2D eigenvalue weighted by molar-refractivity contribution is -0.114. The highest BCUT2D eigenvalue weighted by atomic mass is 32.2. The lowest BCUT2D eigenvalue weighted by Crippen LogP contribution is -2.34. The van der Waals surface area contributed by atoms with Gasteiger partial charge >= 0.3 is 0 Å². The number of amides is 2. The third-order valence-electron chi connectivity index (χ3n) is 3.29. The van der Waals surface area contributed by atoms with Crippen LogP contribution in [0.5, 0.6) is 0 Å². The van der Waals surface area contributed by atoms with Gasteiger partial charge in [0.2, 0.25) is 15.9 Å². The van der Waals surface area contributed by atoms with Crippen LogP contribution in [-0.4, -0.2) is 33.3 Å². The van der Waals surface area contributed by atoms with Crippen LogP contribution >= 0.6 is 0 Å². The van der Waals surface area contributed by atoms with Gasteiger partial charge in [-0.05, 0) is 48.5 Å². The van der Waals surface area contributed by atoms with E-state index in [9.17, 15) is 22.4 Å². The predicted molar refractivity (Wildman–Crippen MR) is 94.7 cm³/mol. The highest BCUT2D eigenvalue weighted by Crippen LogP contribution is 2.10.